The van der Waals surface area contributed by atoms with Crippen LogP contribution in [-0.2, 0) is 6.18 Å². The van der Waals surface area contributed by atoms with E-state index in [1.807, 2.05) is 13.8 Å². The van der Waals surface area contributed by atoms with Crippen molar-refractivity contribution in [2.24, 2.45) is 0 Å². The fraction of sp³-hybridized carbons (Fsp3) is 0.188. The highest BCUT2D eigenvalue weighted by Crippen LogP contribution is 2.31. The molecule has 10 heteroatoms. The topological polar surface area (TPSA) is 93.5 Å². The van der Waals surface area contributed by atoms with E-state index in [-0.39, 0.29) is 22.6 Å². The van der Waals surface area contributed by atoms with Crippen LogP contribution in [0.4, 0.5) is 23.2 Å². The molecule has 0 fully saturated rings. The van der Waals surface area contributed by atoms with Gasteiger partial charge in [-0.15, -0.1) is 0 Å². The van der Waals surface area contributed by atoms with Crippen LogP contribution in [0.1, 0.15) is 30.0 Å². The first-order valence-electron chi connectivity index (χ1n) is 7.43. The largest absolute Gasteiger partial charge is 0.477 e. The Bertz CT molecular complexity index is 967. The molecule has 0 amide bonds. The number of alkyl halides is 3. The molecule has 0 radical (unpaired) electrons. The zero-order chi connectivity index (χ0) is 19.6. The molecule has 6 nitrogen and oxygen atoms in total. The predicted molar refractivity (Wildman–Crippen MR) is 86.1 cm³/mol. The summed E-state index contributed by atoms with van der Waals surface area (Å²) in [4.78, 5) is 14.6. The van der Waals surface area contributed by atoms with Crippen molar-refractivity contribution in [1.82, 2.24) is 14.6 Å². The van der Waals surface area contributed by atoms with Gasteiger partial charge in [-0.05, 0) is 18.2 Å². The van der Waals surface area contributed by atoms with Crippen LogP contribution in [0.25, 0.3) is 16.9 Å². The van der Waals surface area contributed by atoms with Crippen LogP contribution in [-0.4, -0.2) is 25.7 Å². The Labute approximate surface area is 144 Å². The third-order valence-corrected chi connectivity index (χ3v) is 3.21. The number of nitrogens with two attached hydrogens (primary N) is 1. The molecule has 0 aliphatic carbocycles. The summed E-state index contributed by atoms with van der Waals surface area (Å²) in [5.41, 5.74) is 2.86. The van der Waals surface area contributed by atoms with Crippen LogP contribution in [0.2, 0.25) is 0 Å². The van der Waals surface area contributed by atoms with Crippen molar-refractivity contribution in [1.29, 1.82) is 0 Å². The molecule has 3 aromatic rings. The van der Waals surface area contributed by atoms with Crippen molar-refractivity contribution >= 4 is 17.3 Å². The summed E-state index contributed by atoms with van der Waals surface area (Å²) in [5, 5.41) is 12.6. The van der Waals surface area contributed by atoms with Crippen LogP contribution in [0.3, 0.4) is 0 Å². The van der Waals surface area contributed by atoms with Gasteiger partial charge in [-0.3, -0.25) is 0 Å². The number of carboxylic acid groups (broad SMARTS) is 1. The number of rotatable bonds is 2. The molecule has 0 atom stereocenters. The molecule has 2 heterocycles. The zero-order valence-corrected chi connectivity index (χ0v) is 13.7. The van der Waals surface area contributed by atoms with E-state index in [0.29, 0.717) is 10.6 Å². The maximum absolute atomic E-state index is 13.9. The SMILES string of the molecule is CC.Nc1ccc(-c2cc3nc(C(=O)O)cc(C(F)(F)F)n3n2)c(F)c1. The fourth-order valence-electron chi connectivity index (χ4n) is 2.16. The van der Waals surface area contributed by atoms with Gasteiger partial charge >= 0.3 is 12.1 Å². The number of anilines is 1. The number of halogens is 4. The lowest BCUT2D eigenvalue weighted by Crippen LogP contribution is -2.16. The first kappa shape index (κ1) is 19.2. The number of hydrogen-bond acceptors (Lipinski definition) is 4. The van der Waals surface area contributed by atoms with Gasteiger partial charge in [0.25, 0.3) is 0 Å². The minimum Gasteiger partial charge on any atom is -0.477 e. The lowest BCUT2D eigenvalue weighted by Gasteiger charge is -2.09. The monoisotopic (exact) mass is 370 g/mol. The summed E-state index contributed by atoms with van der Waals surface area (Å²) >= 11 is 0. The van der Waals surface area contributed by atoms with Crippen molar-refractivity contribution in [2.75, 3.05) is 5.73 Å². The Morgan fingerprint density at radius 3 is 2.38 bits per heavy atom. The fourth-order valence-corrected chi connectivity index (χ4v) is 2.16. The predicted octanol–water partition coefficient (Wildman–Crippen LogP) is 3.86. The third-order valence-electron chi connectivity index (χ3n) is 3.21. The van der Waals surface area contributed by atoms with Gasteiger partial charge in [0.2, 0.25) is 0 Å². The number of aromatic carboxylic acids is 1. The Morgan fingerprint density at radius 1 is 1.19 bits per heavy atom. The summed E-state index contributed by atoms with van der Waals surface area (Å²) in [6, 6.07) is 5.06. The van der Waals surface area contributed by atoms with Crippen LogP contribution >= 0.6 is 0 Å². The van der Waals surface area contributed by atoms with Crippen molar-refractivity contribution < 1.29 is 27.5 Å². The van der Waals surface area contributed by atoms with Crippen LogP contribution in [0.5, 0.6) is 0 Å². The average molecular weight is 370 g/mol. The highest BCUT2D eigenvalue weighted by molar-refractivity contribution is 5.86. The molecule has 1 aromatic carbocycles. The second kappa shape index (κ2) is 6.98. The number of fused-ring (bicyclic) bond motifs is 1. The standard InChI is InChI=1S/C14H8F4N4O2.C2H6/c15-8-3-6(19)1-2-7(8)9-5-12-20-10(13(23)24)4-11(14(16,17)18)22(12)21-9;1-2/h1-5H,19H2,(H,23,24);1-2H3. The number of hydrogen-bond donors (Lipinski definition) is 2. The van der Waals surface area contributed by atoms with Gasteiger partial charge in [0.15, 0.2) is 17.0 Å². The van der Waals surface area contributed by atoms with E-state index in [9.17, 15) is 22.4 Å². The smallest absolute Gasteiger partial charge is 0.433 e. The molecule has 0 aliphatic heterocycles. The van der Waals surface area contributed by atoms with E-state index in [4.69, 9.17) is 10.8 Å². The molecule has 3 N–H and O–H groups in total. The molecule has 0 bridgehead atoms. The van der Waals surface area contributed by atoms with Gasteiger partial charge in [-0.1, -0.05) is 13.8 Å². The van der Waals surface area contributed by atoms with Gasteiger partial charge in [0, 0.05) is 23.4 Å². The molecule has 0 saturated carbocycles. The zero-order valence-electron chi connectivity index (χ0n) is 13.7. The van der Waals surface area contributed by atoms with E-state index in [1.54, 1.807) is 0 Å². The Hall–Kier alpha value is -3.17. The Balaban J connectivity index is 0.00000117. The summed E-state index contributed by atoms with van der Waals surface area (Å²) < 4.78 is 53.8. The minimum absolute atomic E-state index is 0.0836. The molecule has 0 unspecified atom stereocenters. The van der Waals surface area contributed by atoms with Crippen molar-refractivity contribution in [2.45, 2.75) is 20.0 Å². The summed E-state index contributed by atoms with van der Waals surface area (Å²) in [5.74, 6) is -2.39. The highest BCUT2D eigenvalue weighted by atomic mass is 19.4. The Morgan fingerprint density at radius 2 is 1.85 bits per heavy atom. The van der Waals surface area contributed by atoms with E-state index in [2.05, 4.69) is 10.1 Å². The number of nitrogens with zero attached hydrogens (tertiary/aromatic N) is 3. The molecule has 138 valence electrons. The lowest BCUT2D eigenvalue weighted by atomic mass is 10.1. The van der Waals surface area contributed by atoms with E-state index >= 15 is 0 Å². The van der Waals surface area contributed by atoms with E-state index < -0.39 is 29.4 Å². The number of carbonyl (C=O) groups is 1. The quantitative estimate of drug-likeness (QED) is 0.528. The normalized spacial score (nSPS) is 11.2. The first-order valence-corrected chi connectivity index (χ1v) is 7.43. The molecule has 3 rings (SSSR count). The number of aromatic nitrogens is 3. The highest BCUT2D eigenvalue weighted by Gasteiger charge is 2.36. The van der Waals surface area contributed by atoms with Crippen molar-refractivity contribution in [3.63, 3.8) is 0 Å². The molecule has 0 aliphatic rings. The Kier molecular flexibility index (Phi) is 5.15. The molecule has 2 aromatic heterocycles. The van der Waals surface area contributed by atoms with Gasteiger partial charge in [-0.2, -0.15) is 18.3 Å². The maximum Gasteiger partial charge on any atom is 0.433 e. The summed E-state index contributed by atoms with van der Waals surface area (Å²) in [6.45, 7) is 4.00. The van der Waals surface area contributed by atoms with Crippen LogP contribution in [0, 0.1) is 5.82 Å². The van der Waals surface area contributed by atoms with E-state index in [0.717, 1.165) is 12.1 Å². The number of carboxylic acids is 1. The second-order valence-electron chi connectivity index (χ2n) is 4.87. The molecular formula is C16H14F4N4O2. The van der Waals surface area contributed by atoms with Gasteiger partial charge in [-0.25, -0.2) is 18.7 Å². The summed E-state index contributed by atoms with van der Waals surface area (Å²) in [7, 11) is 0. The van der Waals surface area contributed by atoms with Crippen molar-refractivity contribution in [3.8, 4) is 11.3 Å². The van der Waals surface area contributed by atoms with Gasteiger partial charge < -0.3 is 10.8 Å². The third kappa shape index (κ3) is 3.58. The van der Waals surface area contributed by atoms with Gasteiger partial charge in [0.05, 0.1) is 5.69 Å². The van der Waals surface area contributed by atoms with E-state index in [1.165, 1.54) is 12.1 Å². The minimum atomic E-state index is -4.87. The molecular weight excluding hydrogens is 356 g/mol. The maximum atomic E-state index is 13.9. The first-order chi connectivity index (χ1) is 12.2. The van der Waals surface area contributed by atoms with Gasteiger partial charge in [0.1, 0.15) is 5.82 Å². The van der Waals surface area contributed by atoms with Crippen LogP contribution in [0.15, 0.2) is 30.3 Å². The second-order valence-corrected chi connectivity index (χ2v) is 4.87. The summed E-state index contributed by atoms with van der Waals surface area (Å²) in [6.07, 6.45) is -4.87. The molecule has 0 saturated heterocycles. The lowest BCUT2D eigenvalue weighted by molar-refractivity contribution is -0.142. The van der Waals surface area contributed by atoms with Crippen molar-refractivity contribution in [3.05, 3.63) is 47.5 Å². The number of nitrogen functional groups attached to an aromatic ring is 1. The average Bonchev–Trinajstić information content (AvgIpc) is 2.98. The van der Waals surface area contributed by atoms with Crippen LogP contribution < -0.4 is 5.73 Å². The molecule has 26 heavy (non-hydrogen) atoms. The number of benzene rings is 1. The molecule has 0 spiro atoms.